The van der Waals surface area contributed by atoms with Crippen LogP contribution in [-0.4, -0.2) is 39.4 Å². The summed E-state index contributed by atoms with van der Waals surface area (Å²) in [5, 5.41) is 0.753. The summed E-state index contributed by atoms with van der Waals surface area (Å²) in [7, 11) is 3.46. The molecule has 2 aromatic carbocycles. The predicted molar refractivity (Wildman–Crippen MR) is 106 cm³/mol. The highest BCUT2D eigenvalue weighted by Crippen LogP contribution is 2.22. The summed E-state index contributed by atoms with van der Waals surface area (Å²) in [4.78, 5) is 22.4. The number of amides is 1. The summed E-state index contributed by atoms with van der Waals surface area (Å²) in [6, 6.07) is 16.1. The van der Waals surface area contributed by atoms with Gasteiger partial charge in [-0.2, -0.15) is 0 Å². The van der Waals surface area contributed by atoms with Crippen LogP contribution in [0.5, 0.6) is 0 Å². The number of fused-ring (bicyclic) bond motifs is 1. The van der Waals surface area contributed by atoms with Crippen LogP contribution >= 0.6 is 0 Å². The molecule has 0 N–H and O–H groups in total. The number of para-hydroxylation sites is 1. The van der Waals surface area contributed by atoms with E-state index in [2.05, 4.69) is 9.97 Å². The Morgan fingerprint density at radius 2 is 1.86 bits per heavy atom. The molecule has 0 atom stereocenters. The Morgan fingerprint density at radius 1 is 1.07 bits per heavy atom. The van der Waals surface area contributed by atoms with Crippen molar-refractivity contribution in [3.05, 3.63) is 83.9 Å². The van der Waals surface area contributed by atoms with Gasteiger partial charge in [0.25, 0.3) is 5.91 Å². The zero-order chi connectivity index (χ0) is 19.7. The smallest absolute Gasteiger partial charge is 0.253 e. The van der Waals surface area contributed by atoms with Crippen LogP contribution in [0.25, 0.3) is 22.4 Å². The number of hydrogen-bond donors (Lipinski definition) is 0. The number of rotatable bonds is 4. The SMILES string of the molecule is CN(C)C(=O)c1ccc(Cn2ccnc2-c2ccc3cccc(F)c3n2)cc1. The van der Waals surface area contributed by atoms with E-state index in [-0.39, 0.29) is 11.7 Å². The first-order valence-electron chi connectivity index (χ1n) is 8.90. The van der Waals surface area contributed by atoms with E-state index in [1.54, 1.807) is 31.3 Å². The Morgan fingerprint density at radius 3 is 2.61 bits per heavy atom. The zero-order valence-corrected chi connectivity index (χ0v) is 15.6. The van der Waals surface area contributed by atoms with E-state index in [0.29, 0.717) is 29.1 Å². The van der Waals surface area contributed by atoms with Gasteiger partial charge in [-0.3, -0.25) is 4.79 Å². The maximum absolute atomic E-state index is 14.1. The third-order valence-corrected chi connectivity index (χ3v) is 4.58. The highest BCUT2D eigenvalue weighted by molar-refractivity contribution is 5.93. The Hall–Kier alpha value is -3.54. The third kappa shape index (κ3) is 3.36. The number of nitrogens with zero attached hydrogens (tertiary/aromatic N) is 4. The van der Waals surface area contributed by atoms with E-state index in [4.69, 9.17) is 0 Å². The highest BCUT2D eigenvalue weighted by atomic mass is 19.1. The van der Waals surface area contributed by atoms with Gasteiger partial charge in [0.2, 0.25) is 0 Å². The second kappa shape index (κ2) is 7.23. The number of pyridine rings is 1. The van der Waals surface area contributed by atoms with Crippen LogP contribution in [0.3, 0.4) is 0 Å². The molecule has 4 rings (SSSR count). The van der Waals surface area contributed by atoms with E-state index < -0.39 is 0 Å². The predicted octanol–water partition coefficient (Wildman–Crippen LogP) is 3.99. The third-order valence-electron chi connectivity index (χ3n) is 4.58. The van der Waals surface area contributed by atoms with Gasteiger partial charge in [0.1, 0.15) is 17.0 Å². The summed E-state index contributed by atoms with van der Waals surface area (Å²) in [5.41, 5.74) is 2.62. The van der Waals surface area contributed by atoms with Crippen molar-refractivity contribution in [3.63, 3.8) is 0 Å². The maximum Gasteiger partial charge on any atom is 0.253 e. The van der Waals surface area contributed by atoms with Crippen molar-refractivity contribution in [1.82, 2.24) is 19.4 Å². The van der Waals surface area contributed by atoms with Gasteiger partial charge >= 0.3 is 0 Å². The molecule has 5 nitrogen and oxygen atoms in total. The van der Waals surface area contributed by atoms with E-state index >= 15 is 0 Å². The maximum atomic E-state index is 14.1. The molecule has 0 spiro atoms. The number of carbonyl (C=O) groups is 1. The van der Waals surface area contributed by atoms with Crippen molar-refractivity contribution in [2.24, 2.45) is 0 Å². The van der Waals surface area contributed by atoms with Crippen molar-refractivity contribution in [1.29, 1.82) is 0 Å². The Balaban J connectivity index is 1.63. The standard InChI is InChI=1S/C22H19FN4O/c1-26(2)22(28)17-8-6-15(7-9-17)14-27-13-12-24-21(27)19-11-10-16-4-3-5-18(23)20(16)25-19/h3-13H,14H2,1-2H3. The molecule has 0 fully saturated rings. The number of imidazole rings is 1. The van der Waals surface area contributed by atoms with Gasteiger partial charge in [0.05, 0.1) is 0 Å². The van der Waals surface area contributed by atoms with Crippen LogP contribution in [0.4, 0.5) is 4.39 Å². The van der Waals surface area contributed by atoms with Crippen LogP contribution in [-0.2, 0) is 6.54 Å². The molecule has 0 saturated carbocycles. The lowest BCUT2D eigenvalue weighted by Gasteiger charge is -2.11. The lowest BCUT2D eigenvalue weighted by atomic mass is 10.1. The molecule has 0 aliphatic heterocycles. The van der Waals surface area contributed by atoms with Crippen molar-refractivity contribution in [2.45, 2.75) is 6.54 Å². The molecule has 0 unspecified atom stereocenters. The summed E-state index contributed by atoms with van der Waals surface area (Å²) >= 11 is 0. The van der Waals surface area contributed by atoms with Gasteiger partial charge < -0.3 is 9.47 Å². The Kier molecular flexibility index (Phi) is 4.61. The van der Waals surface area contributed by atoms with Crippen LogP contribution < -0.4 is 0 Å². The molecule has 4 aromatic rings. The average Bonchev–Trinajstić information content (AvgIpc) is 3.16. The number of benzene rings is 2. The lowest BCUT2D eigenvalue weighted by Crippen LogP contribution is -2.21. The highest BCUT2D eigenvalue weighted by Gasteiger charge is 2.12. The van der Waals surface area contributed by atoms with Gasteiger partial charge in [-0.25, -0.2) is 14.4 Å². The molecule has 0 radical (unpaired) electrons. The summed E-state index contributed by atoms with van der Waals surface area (Å²) in [5.74, 6) is 0.287. The number of aromatic nitrogens is 3. The van der Waals surface area contributed by atoms with Crippen LogP contribution in [0.15, 0.2) is 67.0 Å². The fourth-order valence-electron chi connectivity index (χ4n) is 3.11. The molecule has 0 aliphatic carbocycles. The molecular formula is C22H19FN4O. The number of halogens is 1. The van der Waals surface area contributed by atoms with Crippen LogP contribution in [0.1, 0.15) is 15.9 Å². The first-order valence-corrected chi connectivity index (χ1v) is 8.90. The first-order chi connectivity index (χ1) is 13.5. The molecule has 1 amide bonds. The molecule has 28 heavy (non-hydrogen) atoms. The molecule has 6 heteroatoms. The van der Waals surface area contributed by atoms with E-state index in [0.717, 1.165) is 10.9 Å². The topological polar surface area (TPSA) is 51.0 Å². The second-order valence-corrected chi connectivity index (χ2v) is 6.78. The molecule has 0 bridgehead atoms. The van der Waals surface area contributed by atoms with Crippen molar-refractivity contribution in [3.8, 4) is 11.5 Å². The molecule has 2 heterocycles. The number of carbonyl (C=O) groups excluding carboxylic acids is 1. The average molecular weight is 374 g/mol. The molecule has 0 aliphatic rings. The minimum absolute atomic E-state index is 0.0303. The summed E-state index contributed by atoms with van der Waals surface area (Å²) < 4.78 is 16.1. The van der Waals surface area contributed by atoms with Crippen LogP contribution in [0, 0.1) is 5.82 Å². The van der Waals surface area contributed by atoms with Gasteiger partial charge in [-0.1, -0.05) is 30.3 Å². The van der Waals surface area contributed by atoms with E-state index in [1.807, 2.05) is 53.2 Å². The van der Waals surface area contributed by atoms with Gasteiger partial charge in [0, 0.05) is 44.0 Å². The van der Waals surface area contributed by atoms with E-state index in [1.165, 1.54) is 6.07 Å². The first kappa shape index (κ1) is 17.9. The molecule has 140 valence electrons. The monoisotopic (exact) mass is 374 g/mol. The normalized spacial score (nSPS) is 11.0. The van der Waals surface area contributed by atoms with Gasteiger partial charge in [-0.05, 0) is 29.8 Å². The largest absolute Gasteiger partial charge is 0.345 e. The van der Waals surface area contributed by atoms with Crippen LogP contribution in [0.2, 0.25) is 0 Å². The fraction of sp³-hybridized carbons (Fsp3) is 0.136. The molecule has 0 saturated heterocycles. The summed E-state index contributed by atoms with van der Waals surface area (Å²) in [6.45, 7) is 0.572. The van der Waals surface area contributed by atoms with Gasteiger partial charge in [-0.15, -0.1) is 0 Å². The minimum Gasteiger partial charge on any atom is -0.345 e. The Bertz CT molecular complexity index is 1150. The van der Waals surface area contributed by atoms with Crippen molar-refractivity contribution >= 4 is 16.8 Å². The minimum atomic E-state index is -0.349. The fourth-order valence-corrected chi connectivity index (χ4v) is 3.11. The Labute approximate surface area is 162 Å². The molecular weight excluding hydrogens is 355 g/mol. The van der Waals surface area contributed by atoms with Gasteiger partial charge in [0.15, 0.2) is 5.82 Å². The number of hydrogen-bond acceptors (Lipinski definition) is 3. The second-order valence-electron chi connectivity index (χ2n) is 6.78. The quantitative estimate of drug-likeness (QED) is 0.543. The lowest BCUT2D eigenvalue weighted by molar-refractivity contribution is 0.0827. The molecule has 2 aromatic heterocycles. The zero-order valence-electron chi connectivity index (χ0n) is 15.6. The van der Waals surface area contributed by atoms with E-state index in [9.17, 15) is 9.18 Å². The van der Waals surface area contributed by atoms with Crippen molar-refractivity contribution < 1.29 is 9.18 Å². The summed E-state index contributed by atoms with van der Waals surface area (Å²) in [6.07, 6.45) is 3.56. The van der Waals surface area contributed by atoms with Crippen molar-refractivity contribution in [2.75, 3.05) is 14.1 Å².